The number of carbonyl (C=O) groups excluding carboxylic acids is 1. The van der Waals surface area contributed by atoms with Crippen LogP contribution in [0.3, 0.4) is 0 Å². The molecule has 1 rings (SSSR count). The lowest BCUT2D eigenvalue weighted by Crippen LogP contribution is -2.39. The highest BCUT2D eigenvalue weighted by molar-refractivity contribution is 5.81. The van der Waals surface area contributed by atoms with Gasteiger partial charge in [0.15, 0.2) is 0 Å². The minimum Gasteiger partial charge on any atom is -0.399 e. The van der Waals surface area contributed by atoms with Crippen molar-refractivity contribution in [1.82, 2.24) is 5.32 Å². The number of alkyl halides is 3. The number of halogens is 3. The van der Waals surface area contributed by atoms with Crippen LogP contribution in [-0.2, 0) is 4.79 Å². The second-order valence-corrected chi connectivity index (χ2v) is 3.84. The number of benzene rings is 1. The SMILES string of the molecule is CN(CC(=O)NCC(F)(F)F)c1cccc(N)c1. The molecule has 0 aliphatic rings. The van der Waals surface area contributed by atoms with Crippen LogP contribution in [0.5, 0.6) is 0 Å². The summed E-state index contributed by atoms with van der Waals surface area (Å²) < 4.78 is 35.7. The Hall–Kier alpha value is -1.92. The molecule has 7 heteroatoms. The number of nitrogens with two attached hydrogens (primary N) is 1. The number of nitrogen functional groups attached to an aromatic ring is 1. The van der Waals surface area contributed by atoms with Crippen LogP contribution in [0.2, 0.25) is 0 Å². The van der Waals surface area contributed by atoms with Crippen LogP contribution in [-0.4, -0.2) is 32.2 Å². The lowest BCUT2D eigenvalue weighted by molar-refractivity contribution is -0.137. The zero-order valence-corrected chi connectivity index (χ0v) is 9.79. The van der Waals surface area contributed by atoms with Gasteiger partial charge in [-0.25, -0.2) is 0 Å². The molecule has 0 unspecified atom stereocenters. The van der Waals surface area contributed by atoms with E-state index >= 15 is 0 Å². The fourth-order valence-electron chi connectivity index (χ4n) is 1.32. The van der Waals surface area contributed by atoms with Gasteiger partial charge in [0.2, 0.25) is 5.91 Å². The molecule has 4 nitrogen and oxygen atoms in total. The molecule has 0 spiro atoms. The largest absolute Gasteiger partial charge is 0.405 e. The molecular weight excluding hydrogens is 247 g/mol. The molecule has 1 aromatic rings. The van der Waals surface area contributed by atoms with Crippen LogP contribution in [0.15, 0.2) is 24.3 Å². The second-order valence-electron chi connectivity index (χ2n) is 3.84. The van der Waals surface area contributed by atoms with Gasteiger partial charge in [-0.2, -0.15) is 13.2 Å². The van der Waals surface area contributed by atoms with Gasteiger partial charge in [-0.1, -0.05) is 6.07 Å². The monoisotopic (exact) mass is 261 g/mol. The average molecular weight is 261 g/mol. The Morgan fingerprint density at radius 1 is 1.44 bits per heavy atom. The van der Waals surface area contributed by atoms with Crippen molar-refractivity contribution >= 4 is 17.3 Å². The summed E-state index contributed by atoms with van der Waals surface area (Å²) in [4.78, 5) is 12.8. The minimum atomic E-state index is -4.40. The Balaban J connectivity index is 2.50. The number of likely N-dealkylation sites (N-methyl/N-ethyl adjacent to an activating group) is 1. The Morgan fingerprint density at radius 3 is 2.67 bits per heavy atom. The number of anilines is 2. The summed E-state index contributed by atoms with van der Waals surface area (Å²) >= 11 is 0. The van der Waals surface area contributed by atoms with Crippen molar-refractivity contribution < 1.29 is 18.0 Å². The topological polar surface area (TPSA) is 58.4 Å². The molecule has 0 saturated heterocycles. The first kappa shape index (κ1) is 14.1. The van der Waals surface area contributed by atoms with Crippen molar-refractivity contribution in [2.45, 2.75) is 6.18 Å². The molecule has 0 aliphatic carbocycles. The van der Waals surface area contributed by atoms with Crippen molar-refractivity contribution in [2.24, 2.45) is 0 Å². The molecule has 1 aromatic carbocycles. The van der Waals surface area contributed by atoms with Gasteiger partial charge in [0.1, 0.15) is 6.54 Å². The van der Waals surface area contributed by atoms with Crippen LogP contribution >= 0.6 is 0 Å². The van der Waals surface area contributed by atoms with E-state index in [0.29, 0.717) is 11.4 Å². The Labute approximate surface area is 103 Å². The predicted octanol–water partition coefficient (Wildman–Crippen LogP) is 1.38. The Kier molecular flexibility index (Phi) is 4.41. The van der Waals surface area contributed by atoms with Gasteiger partial charge >= 0.3 is 6.18 Å². The van der Waals surface area contributed by atoms with Crippen molar-refractivity contribution in [3.05, 3.63) is 24.3 Å². The summed E-state index contributed by atoms with van der Waals surface area (Å²) in [5, 5.41) is 1.80. The van der Waals surface area contributed by atoms with E-state index < -0.39 is 18.6 Å². The highest BCUT2D eigenvalue weighted by Gasteiger charge is 2.27. The number of rotatable bonds is 4. The molecule has 0 aromatic heterocycles. The number of nitrogens with zero attached hydrogens (tertiary/aromatic N) is 1. The number of carbonyl (C=O) groups is 1. The lowest BCUT2D eigenvalue weighted by Gasteiger charge is -2.19. The molecule has 0 heterocycles. The van der Waals surface area contributed by atoms with Crippen LogP contribution in [0.1, 0.15) is 0 Å². The van der Waals surface area contributed by atoms with Crippen LogP contribution < -0.4 is 16.0 Å². The van der Waals surface area contributed by atoms with Crippen molar-refractivity contribution in [3.63, 3.8) is 0 Å². The molecule has 1 amide bonds. The van der Waals surface area contributed by atoms with E-state index in [9.17, 15) is 18.0 Å². The molecule has 0 aliphatic heterocycles. The third-order valence-electron chi connectivity index (χ3n) is 2.18. The first-order valence-corrected chi connectivity index (χ1v) is 5.18. The molecule has 18 heavy (non-hydrogen) atoms. The summed E-state index contributed by atoms with van der Waals surface area (Å²) in [7, 11) is 1.60. The van der Waals surface area contributed by atoms with Crippen LogP contribution in [0.25, 0.3) is 0 Å². The number of amides is 1. The first-order valence-electron chi connectivity index (χ1n) is 5.18. The van der Waals surface area contributed by atoms with Gasteiger partial charge < -0.3 is 16.0 Å². The number of hydrogen-bond donors (Lipinski definition) is 2. The zero-order chi connectivity index (χ0) is 13.8. The summed E-state index contributed by atoms with van der Waals surface area (Å²) in [6.07, 6.45) is -4.40. The van der Waals surface area contributed by atoms with E-state index in [1.807, 2.05) is 0 Å². The van der Waals surface area contributed by atoms with E-state index in [4.69, 9.17) is 5.73 Å². The second kappa shape index (κ2) is 5.61. The smallest absolute Gasteiger partial charge is 0.399 e. The van der Waals surface area contributed by atoms with Crippen molar-refractivity contribution in [2.75, 3.05) is 30.8 Å². The van der Waals surface area contributed by atoms with Gasteiger partial charge in [-0.15, -0.1) is 0 Å². The fourth-order valence-corrected chi connectivity index (χ4v) is 1.32. The van der Waals surface area contributed by atoms with E-state index in [-0.39, 0.29) is 6.54 Å². The van der Waals surface area contributed by atoms with E-state index in [1.54, 1.807) is 36.6 Å². The summed E-state index contributed by atoms with van der Waals surface area (Å²) in [5.41, 5.74) is 6.75. The lowest BCUT2D eigenvalue weighted by atomic mass is 10.2. The van der Waals surface area contributed by atoms with Crippen LogP contribution in [0, 0.1) is 0 Å². The van der Waals surface area contributed by atoms with E-state index in [2.05, 4.69) is 0 Å². The molecule has 0 fully saturated rings. The molecule has 100 valence electrons. The third-order valence-corrected chi connectivity index (χ3v) is 2.18. The van der Waals surface area contributed by atoms with E-state index in [0.717, 1.165) is 0 Å². The molecule has 3 N–H and O–H groups in total. The summed E-state index contributed by atoms with van der Waals surface area (Å²) in [5.74, 6) is -0.697. The molecular formula is C11H14F3N3O. The third kappa shape index (κ3) is 4.94. The van der Waals surface area contributed by atoms with Gasteiger partial charge in [0, 0.05) is 18.4 Å². The number of hydrogen-bond acceptors (Lipinski definition) is 3. The standard InChI is InChI=1S/C11H14F3N3O/c1-17(9-4-2-3-8(15)5-9)6-10(18)16-7-11(12,13)14/h2-5H,6-7,15H2,1H3,(H,16,18). The van der Waals surface area contributed by atoms with Gasteiger partial charge in [-0.3, -0.25) is 4.79 Å². The maximum absolute atomic E-state index is 11.9. The van der Waals surface area contributed by atoms with Crippen LogP contribution in [0.4, 0.5) is 24.5 Å². The molecule has 0 saturated carbocycles. The predicted molar refractivity (Wildman–Crippen MR) is 63.2 cm³/mol. The highest BCUT2D eigenvalue weighted by Crippen LogP contribution is 2.16. The fraction of sp³-hybridized carbons (Fsp3) is 0.364. The molecule has 0 radical (unpaired) electrons. The summed E-state index contributed by atoms with van der Waals surface area (Å²) in [6, 6.07) is 6.74. The number of nitrogens with one attached hydrogen (secondary N) is 1. The Morgan fingerprint density at radius 2 is 2.11 bits per heavy atom. The van der Waals surface area contributed by atoms with E-state index in [1.165, 1.54) is 4.90 Å². The maximum atomic E-state index is 11.9. The van der Waals surface area contributed by atoms with Gasteiger partial charge in [0.25, 0.3) is 0 Å². The van der Waals surface area contributed by atoms with Gasteiger partial charge in [-0.05, 0) is 18.2 Å². The van der Waals surface area contributed by atoms with Crippen molar-refractivity contribution in [3.8, 4) is 0 Å². The quantitative estimate of drug-likeness (QED) is 0.805. The summed E-state index contributed by atoms with van der Waals surface area (Å²) in [6.45, 7) is -1.49. The highest BCUT2D eigenvalue weighted by atomic mass is 19.4. The first-order chi connectivity index (χ1) is 8.28. The minimum absolute atomic E-state index is 0.167. The van der Waals surface area contributed by atoms with Crippen molar-refractivity contribution in [1.29, 1.82) is 0 Å². The maximum Gasteiger partial charge on any atom is 0.405 e. The molecule has 0 atom stereocenters. The Bertz CT molecular complexity index is 420. The molecule has 0 bridgehead atoms. The van der Waals surface area contributed by atoms with Gasteiger partial charge in [0.05, 0.1) is 6.54 Å². The normalized spacial score (nSPS) is 11.1. The zero-order valence-electron chi connectivity index (χ0n) is 9.79. The average Bonchev–Trinajstić information content (AvgIpc) is 2.25.